The molecule has 0 unspecified atom stereocenters. The summed E-state index contributed by atoms with van der Waals surface area (Å²) in [5.74, 6) is -4.13. The van der Waals surface area contributed by atoms with Crippen LogP contribution in [0.3, 0.4) is 0 Å². The van der Waals surface area contributed by atoms with Gasteiger partial charge in [-0.3, -0.25) is 9.59 Å². The Morgan fingerprint density at radius 1 is 0.810 bits per heavy atom. The normalized spacial score (nSPS) is 11.7. The van der Waals surface area contributed by atoms with Crippen molar-refractivity contribution in [2.24, 2.45) is 0 Å². The van der Waals surface area contributed by atoms with Gasteiger partial charge in [0.2, 0.25) is 0 Å². The van der Waals surface area contributed by atoms with Crippen molar-refractivity contribution in [1.29, 1.82) is 0 Å². The summed E-state index contributed by atoms with van der Waals surface area (Å²) in [4.78, 5) is 24.7. The third kappa shape index (κ3) is 12.8. The van der Waals surface area contributed by atoms with E-state index in [1.165, 1.54) is 42.8 Å². The van der Waals surface area contributed by atoms with Crippen molar-refractivity contribution in [3.8, 4) is 11.5 Å². The summed E-state index contributed by atoms with van der Waals surface area (Å²) >= 11 is 24.0. The molecular weight excluding hydrogens is 664 g/mol. The molecule has 42 heavy (non-hydrogen) atoms. The van der Waals surface area contributed by atoms with Gasteiger partial charge in [-0.05, 0) is 42.8 Å². The van der Waals surface area contributed by atoms with Gasteiger partial charge in [0.25, 0.3) is 0 Å². The maximum Gasteiger partial charge on any atom is 0.471 e. The monoisotopic (exact) mass is 693 g/mol. The number of benzene rings is 2. The molecule has 0 spiro atoms. The van der Waals surface area contributed by atoms with E-state index in [1.54, 1.807) is 0 Å². The highest BCUT2D eigenvalue weighted by Crippen LogP contribution is 2.52. The van der Waals surface area contributed by atoms with Crippen LogP contribution >= 0.6 is 54.0 Å². The van der Waals surface area contributed by atoms with Crippen molar-refractivity contribution in [3.05, 3.63) is 56.5 Å². The quantitative estimate of drug-likeness (QED) is 0.0931. The first-order chi connectivity index (χ1) is 19.7. The number of hydrogen-bond donors (Lipinski definition) is 0. The van der Waals surface area contributed by atoms with Crippen molar-refractivity contribution >= 4 is 65.9 Å². The molecule has 0 aromatic heterocycles. The molecule has 2 aromatic rings. The highest BCUT2D eigenvalue weighted by molar-refractivity contribution is 7.54. The summed E-state index contributed by atoms with van der Waals surface area (Å²) < 4.78 is 70.4. The number of amides is 1. The van der Waals surface area contributed by atoms with Gasteiger partial charge < -0.3 is 18.7 Å². The van der Waals surface area contributed by atoms with E-state index in [1.807, 2.05) is 0 Å². The van der Waals surface area contributed by atoms with Gasteiger partial charge in [0, 0.05) is 10.0 Å². The second kappa shape index (κ2) is 17.5. The molecule has 0 radical (unpaired) electrons. The van der Waals surface area contributed by atoms with E-state index in [0.29, 0.717) is 6.42 Å². The Kier molecular flexibility index (Phi) is 15.1. The molecule has 0 aliphatic heterocycles. The SMILES string of the molecule is CCCCCCCCCCOC(=O)CN(CP(=O)(Oc1ccc(Cl)cc1Cl)Oc1ccc(Cl)cc1Cl)C(=O)C(F)(F)F. The maximum absolute atomic E-state index is 13.9. The highest BCUT2D eigenvalue weighted by atomic mass is 35.5. The van der Waals surface area contributed by atoms with Crippen molar-refractivity contribution in [3.63, 3.8) is 0 Å². The fraction of sp³-hybridized carbons (Fsp3) is 0.481. The molecule has 0 N–H and O–H groups in total. The van der Waals surface area contributed by atoms with E-state index in [2.05, 4.69) is 6.92 Å². The number of carbonyl (C=O) groups is 2. The predicted octanol–water partition coefficient (Wildman–Crippen LogP) is 9.98. The van der Waals surface area contributed by atoms with Crippen LogP contribution in [-0.2, 0) is 18.9 Å². The molecule has 234 valence electrons. The van der Waals surface area contributed by atoms with Crippen LogP contribution in [0.4, 0.5) is 13.2 Å². The lowest BCUT2D eigenvalue weighted by molar-refractivity contribution is -0.186. The summed E-state index contributed by atoms with van der Waals surface area (Å²) in [6.07, 6.45) is 1.08. The summed E-state index contributed by atoms with van der Waals surface area (Å²) in [5.41, 5.74) is 0. The molecule has 0 heterocycles. The van der Waals surface area contributed by atoms with Crippen LogP contribution in [0.5, 0.6) is 11.5 Å². The number of nitrogens with zero attached hydrogens (tertiary/aromatic N) is 1. The van der Waals surface area contributed by atoms with Gasteiger partial charge in [-0.25, -0.2) is 4.57 Å². The van der Waals surface area contributed by atoms with E-state index in [4.69, 9.17) is 60.2 Å². The summed E-state index contributed by atoms with van der Waals surface area (Å²) in [6, 6.07) is 7.53. The van der Waals surface area contributed by atoms with E-state index in [0.717, 1.165) is 38.5 Å². The molecule has 15 heteroatoms. The van der Waals surface area contributed by atoms with Crippen LogP contribution in [0, 0.1) is 0 Å². The lowest BCUT2D eigenvalue weighted by Gasteiger charge is -2.28. The van der Waals surface area contributed by atoms with Crippen LogP contribution in [0.15, 0.2) is 36.4 Å². The molecule has 0 saturated heterocycles. The molecule has 2 aromatic carbocycles. The number of carbonyl (C=O) groups excluding carboxylic acids is 2. The third-order valence-corrected chi connectivity index (χ3v) is 8.42. The smallest absolute Gasteiger partial charge is 0.464 e. The first kappa shape index (κ1) is 36.4. The number of halogens is 7. The second-order valence-corrected chi connectivity index (χ2v) is 12.8. The largest absolute Gasteiger partial charge is 0.471 e. The number of hydrogen-bond acceptors (Lipinski definition) is 6. The molecule has 1 amide bonds. The fourth-order valence-corrected chi connectivity index (χ4v) is 6.39. The fourth-order valence-electron chi connectivity index (χ4n) is 3.67. The van der Waals surface area contributed by atoms with E-state index < -0.39 is 38.5 Å². The molecular formula is C27H31Cl4F3NO6P. The Bertz CT molecular complexity index is 1190. The minimum Gasteiger partial charge on any atom is -0.464 e. The average Bonchev–Trinajstić information content (AvgIpc) is 2.90. The first-order valence-corrected chi connectivity index (χ1v) is 16.4. The van der Waals surface area contributed by atoms with Crippen LogP contribution in [-0.4, -0.2) is 42.4 Å². The Morgan fingerprint density at radius 2 is 1.29 bits per heavy atom. The van der Waals surface area contributed by atoms with Gasteiger partial charge in [-0.2, -0.15) is 13.2 Å². The van der Waals surface area contributed by atoms with Gasteiger partial charge in [-0.15, -0.1) is 0 Å². The molecule has 0 saturated carbocycles. The molecule has 0 atom stereocenters. The van der Waals surface area contributed by atoms with Crippen molar-refractivity contribution in [2.75, 3.05) is 19.4 Å². The Hall–Kier alpha value is -1.84. The van der Waals surface area contributed by atoms with Crippen LogP contribution < -0.4 is 9.05 Å². The molecule has 0 fully saturated rings. The number of ether oxygens (including phenoxy) is 1. The molecule has 0 bridgehead atoms. The van der Waals surface area contributed by atoms with Crippen LogP contribution in [0.25, 0.3) is 0 Å². The second-order valence-electron chi connectivity index (χ2n) is 9.28. The molecule has 0 aliphatic rings. The predicted molar refractivity (Wildman–Crippen MR) is 158 cm³/mol. The molecule has 2 rings (SSSR count). The Labute approximate surface area is 263 Å². The van der Waals surface area contributed by atoms with Crippen LogP contribution in [0.1, 0.15) is 58.3 Å². The number of alkyl halides is 3. The zero-order valence-electron chi connectivity index (χ0n) is 22.7. The summed E-state index contributed by atoms with van der Waals surface area (Å²) in [5, 5.41) is 0.0907. The minimum absolute atomic E-state index is 0.00944. The van der Waals surface area contributed by atoms with Gasteiger partial charge in [0.1, 0.15) is 24.3 Å². The van der Waals surface area contributed by atoms with E-state index in [-0.39, 0.29) is 43.1 Å². The first-order valence-electron chi connectivity index (χ1n) is 13.1. The van der Waals surface area contributed by atoms with E-state index >= 15 is 0 Å². The van der Waals surface area contributed by atoms with Crippen molar-refractivity contribution in [2.45, 2.75) is 64.5 Å². The standard InChI is InChI=1S/C27H31Cl4F3NO6P/c1-2-3-4-5-6-7-8-9-14-39-25(36)17-35(26(37)27(32,33)34)18-42(38,40-23-12-10-19(28)15-21(23)30)41-24-13-11-20(29)16-22(24)31/h10-13,15-16H,2-9,14,17-18H2,1H3. The Morgan fingerprint density at radius 3 is 1.74 bits per heavy atom. The topological polar surface area (TPSA) is 82.1 Å². The average molecular weight is 695 g/mol. The number of rotatable bonds is 17. The van der Waals surface area contributed by atoms with Gasteiger partial charge in [-0.1, -0.05) is 98.3 Å². The maximum atomic E-state index is 13.9. The summed E-state index contributed by atoms with van der Waals surface area (Å²) in [6.45, 7) is 0.906. The van der Waals surface area contributed by atoms with E-state index in [9.17, 15) is 27.3 Å². The van der Waals surface area contributed by atoms with Crippen molar-refractivity contribution < 1.29 is 41.1 Å². The molecule has 0 aliphatic carbocycles. The van der Waals surface area contributed by atoms with Gasteiger partial charge in [0.15, 0.2) is 0 Å². The van der Waals surface area contributed by atoms with Gasteiger partial charge in [0.05, 0.1) is 16.7 Å². The Balaban J connectivity index is 2.20. The number of unbranched alkanes of at least 4 members (excludes halogenated alkanes) is 7. The zero-order chi connectivity index (χ0) is 31.3. The molecule has 7 nitrogen and oxygen atoms in total. The lowest BCUT2D eigenvalue weighted by Crippen LogP contribution is -2.45. The zero-order valence-corrected chi connectivity index (χ0v) is 26.7. The lowest BCUT2D eigenvalue weighted by atomic mass is 10.1. The summed E-state index contributed by atoms with van der Waals surface area (Å²) in [7, 11) is -4.79. The van der Waals surface area contributed by atoms with Crippen LogP contribution in [0.2, 0.25) is 20.1 Å². The van der Waals surface area contributed by atoms with Gasteiger partial charge >= 0.3 is 25.6 Å². The van der Waals surface area contributed by atoms with Crippen molar-refractivity contribution in [1.82, 2.24) is 4.90 Å². The highest BCUT2D eigenvalue weighted by Gasteiger charge is 2.47. The number of esters is 1. The third-order valence-electron chi connectivity index (χ3n) is 5.72. The minimum atomic E-state index is -5.42.